The van der Waals surface area contributed by atoms with Crippen molar-refractivity contribution < 1.29 is 14.6 Å². The minimum atomic E-state index is -1.13. The normalized spacial score (nSPS) is 13.9. The maximum atomic E-state index is 11.5. The average molecular weight is 281 g/mol. The van der Waals surface area contributed by atoms with Crippen LogP contribution in [0.15, 0.2) is 18.3 Å². The van der Waals surface area contributed by atoms with Crippen molar-refractivity contribution >= 4 is 11.8 Å². The first-order chi connectivity index (χ1) is 9.38. The van der Waals surface area contributed by atoms with Crippen LogP contribution >= 0.6 is 0 Å². The smallest absolute Gasteiger partial charge is 0.325 e. The number of esters is 1. The Bertz CT molecular complexity index is 434. The number of carbonyl (C=O) groups excluding carboxylic acids is 1. The summed E-state index contributed by atoms with van der Waals surface area (Å²) < 4.78 is 4.79. The van der Waals surface area contributed by atoms with E-state index in [-0.39, 0.29) is 6.61 Å². The summed E-state index contributed by atoms with van der Waals surface area (Å²) in [5.41, 5.74) is 6.15. The van der Waals surface area contributed by atoms with Gasteiger partial charge in [-0.2, -0.15) is 0 Å². The Morgan fingerprint density at radius 1 is 1.50 bits per heavy atom. The van der Waals surface area contributed by atoms with Gasteiger partial charge in [0.05, 0.1) is 6.61 Å². The number of rotatable bonds is 6. The number of aromatic nitrogens is 1. The number of aliphatic hydroxyl groups excluding tert-OH is 1. The van der Waals surface area contributed by atoms with Crippen LogP contribution < -0.4 is 10.6 Å². The molecule has 112 valence electrons. The molecule has 1 aromatic heterocycles. The molecule has 1 aromatic rings. The van der Waals surface area contributed by atoms with E-state index in [4.69, 9.17) is 10.5 Å². The third kappa shape index (κ3) is 3.91. The number of ether oxygens (including phenoxy) is 1. The Kier molecular flexibility index (Phi) is 5.91. The van der Waals surface area contributed by atoms with E-state index < -0.39 is 18.1 Å². The highest BCUT2D eigenvalue weighted by Gasteiger charge is 2.25. The summed E-state index contributed by atoms with van der Waals surface area (Å²) in [4.78, 5) is 17.8. The zero-order valence-electron chi connectivity index (χ0n) is 12.4. The highest BCUT2D eigenvalue weighted by Crippen LogP contribution is 2.19. The van der Waals surface area contributed by atoms with Gasteiger partial charge in [-0.1, -0.05) is 6.07 Å². The zero-order valence-corrected chi connectivity index (χ0v) is 12.4. The Labute approximate surface area is 119 Å². The first kappa shape index (κ1) is 16.4. The van der Waals surface area contributed by atoms with E-state index >= 15 is 0 Å². The van der Waals surface area contributed by atoms with E-state index in [1.807, 2.05) is 11.9 Å². The maximum absolute atomic E-state index is 11.5. The molecule has 0 spiro atoms. The van der Waals surface area contributed by atoms with Crippen molar-refractivity contribution in [3.8, 4) is 0 Å². The minimum Gasteiger partial charge on any atom is -0.465 e. The van der Waals surface area contributed by atoms with Gasteiger partial charge in [-0.15, -0.1) is 0 Å². The van der Waals surface area contributed by atoms with E-state index in [0.717, 1.165) is 5.82 Å². The van der Waals surface area contributed by atoms with Crippen LogP contribution in [-0.4, -0.2) is 41.8 Å². The van der Waals surface area contributed by atoms with Gasteiger partial charge in [0.2, 0.25) is 0 Å². The molecule has 20 heavy (non-hydrogen) atoms. The number of anilines is 1. The van der Waals surface area contributed by atoms with Crippen molar-refractivity contribution in [3.05, 3.63) is 23.9 Å². The molecule has 0 bridgehead atoms. The number of hydrogen-bond donors (Lipinski definition) is 2. The van der Waals surface area contributed by atoms with Crippen molar-refractivity contribution in [2.75, 3.05) is 18.6 Å². The van der Waals surface area contributed by atoms with E-state index in [0.29, 0.717) is 11.6 Å². The molecule has 0 fully saturated rings. The second kappa shape index (κ2) is 7.21. The van der Waals surface area contributed by atoms with Crippen molar-refractivity contribution in [2.45, 2.75) is 39.0 Å². The summed E-state index contributed by atoms with van der Waals surface area (Å²) in [6, 6.07) is 2.71. The standard InChI is InChI=1S/C14H23N3O3/c1-5-20-14(19)12(15)13(18)10-6-7-11(16-8-10)17(4)9(2)3/h6-9,12-13,18H,5,15H2,1-4H3/t12-,13-/m1/s1. The van der Waals surface area contributed by atoms with Crippen LogP contribution in [0.4, 0.5) is 5.82 Å². The zero-order chi connectivity index (χ0) is 15.3. The molecule has 6 heteroatoms. The molecule has 6 nitrogen and oxygen atoms in total. The van der Waals surface area contributed by atoms with Gasteiger partial charge >= 0.3 is 5.97 Å². The van der Waals surface area contributed by atoms with E-state index in [2.05, 4.69) is 18.8 Å². The molecule has 2 atom stereocenters. The number of aliphatic hydroxyl groups is 1. The summed E-state index contributed by atoms with van der Waals surface area (Å²) >= 11 is 0. The van der Waals surface area contributed by atoms with Gasteiger partial charge in [-0.3, -0.25) is 4.79 Å². The van der Waals surface area contributed by atoms with Crippen molar-refractivity contribution in [3.63, 3.8) is 0 Å². The third-order valence-electron chi connectivity index (χ3n) is 3.15. The molecule has 0 unspecified atom stereocenters. The number of carbonyl (C=O) groups is 1. The first-order valence-electron chi connectivity index (χ1n) is 6.67. The largest absolute Gasteiger partial charge is 0.465 e. The van der Waals surface area contributed by atoms with Crippen LogP contribution in [0.5, 0.6) is 0 Å². The van der Waals surface area contributed by atoms with Crippen LogP contribution in [0.1, 0.15) is 32.4 Å². The van der Waals surface area contributed by atoms with E-state index in [1.165, 1.54) is 6.20 Å². The second-order valence-electron chi connectivity index (χ2n) is 4.88. The summed E-state index contributed by atoms with van der Waals surface area (Å²) in [5, 5.41) is 10.0. The molecule has 0 radical (unpaired) electrons. The third-order valence-corrected chi connectivity index (χ3v) is 3.15. The van der Waals surface area contributed by atoms with Crippen LogP contribution in [-0.2, 0) is 9.53 Å². The Balaban J connectivity index is 2.80. The van der Waals surface area contributed by atoms with Gasteiger partial charge in [0.25, 0.3) is 0 Å². The lowest BCUT2D eigenvalue weighted by Gasteiger charge is -2.23. The molecule has 0 saturated carbocycles. The second-order valence-corrected chi connectivity index (χ2v) is 4.88. The summed E-state index contributed by atoms with van der Waals surface area (Å²) in [6.07, 6.45) is 0.401. The molecule has 0 aliphatic rings. The SMILES string of the molecule is CCOC(=O)[C@H](N)[C@H](O)c1ccc(N(C)C(C)C)nc1. The van der Waals surface area contributed by atoms with E-state index in [1.54, 1.807) is 19.1 Å². The van der Waals surface area contributed by atoms with Crippen molar-refractivity contribution in [1.82, 2.24) is 4.98 Å². The molecule has 0 amide bonds. The Morgan fingerprint density at radius 2 is 2.15 bits per heavy atom. The predicted molar refractivity (Wildman–Crippen MR) is 77.3 cm³/mol. The van der Waals surface area contributed by atoms with E-state index in [9.17, 15) is 9.90 Å². The van der Waals surface area contributed by atoms with Crippen molar-refractivity contribution in [1.29, 1.82) is 0 Å². The number of nitrogens with two attached hydrogens (primary N) is 1. The topological polar surface area (TPSA) is 88.7 Å². The Morgan fingerprint density at radius 3 is 2.60 bits per heavy atom. The fourth-order valence-electron chi connectivity index (χ4n) is 1.62. The maximum Gasteiger partial charge on any atom is 0.325 e. The fraction of sp³-hybridized carbons (Fsp3) is 0.571. The lowest BCUT2D eigenvalue weighted by molar-refractivity contribution is -0.147. The van der Waals surface area contributed by atoms with Crippen LogP contribution in [0.3, 0.4) is 0 Å². The molecule has 1 rings (SSSR count). The van der Waals surface area contributed by atoms with Gasteiger partial charge in [0, 0.05) is 24.8 Å². The van der Waals surface area contributed by atoms with Gasteiger partial charge in [0.15, 0.2) is 0 Å². The quantitative estimate of drug-likeness (QED) is 0.752. The Hall–Kier alpha value is -1.66. The lowest BCUT2D eigenvalue weighted by Crippen LogP contribution is -2.38. The highest BCUT2D eigenvalue weighted by molar-refractivity contribution is 5.76. The van der Waals surface area contributed by atoms with Crippen molar-refractivity contribution in [2.24, 2.45) is 5.73 Å². The van der Waals surface area contributed by atoms with Gasteiger partial charge < -0.3 is 20.5 Å². The predicted octanol–water partition coefficient (Wildman–Crippen LogP) is 0.850. The average Bonchev–Trinajstić information content (AvgIpc) is 2.45. The molecule has 0 aliphatic heterocycles. The highest BCUT2D eigenvalue weighted by atomic mass is 16.5. The molecule has 0 aromatic carbocycles. The monoisotopic (exact) mass is 281 g/mol. The summed E-state index contributed by atoms with van der Waals surface area (Å²) in [6.45, 7) is 6.03. The molecule has 1 heterocycles. The first-order valence-corrected chi connectivity index (χ1v) is 6.67. The molecule has 0 saturated heterocycles. The number of nitrogens with zero attached hydrogens (tertiary/aromatic N) is 2. The minimum absolute atomic E-state index is 0.232. The number of hydrogen-bond acceptors (Lipinski definition) is 6. The lowest BCUT2D eigenvalue weighted by atomic mass is 10.1. The summed E-state index contributed by atoms with van der Waals surface area (Å²) in [7, 11) is 1.94. The summed E-state index contributed by atoms with van der Waals surface area (Å²) in [5.74, 6) is 0.170. The molecular weight excluding hydrogens is 258 g/mol. The van der Waals surface area contributed by atoms with Gasteiger partial charge in [-0.25, -0.2) is 4.98 Å². The van der Waals surface area contributed by atoms with Gasteiger partial charge in [0.1, 0.15) is 18.0 Å². The van der Waals surface area contributed by atoms with Gasteiger partial charge in [-0.05, 0) is 26.8 Å². The fourth-order valence-corrected chi connectivity index (χ4v) is 1.62. The molecule has 0 aliphatic carbocycles. The molecule has 3 N–H and O–H groups in total. The van der Waals surface area contributed by atoms with Crippen LogP contribution in [0, 0.1) is 0 Å². The number of pyridine rings is 1. The molecular formula is C14H23N3O3. The van der Waals surface area contributed by atoms with Crippen LogP contribution in [0.2, 0.25) is 0 Å². The van der Waals surface area contributed by atoms with Crippen LogP contribution in [0.25, 0.3) is 0 Å².